The molecule has 0 radical (unpaired) electrons. The zero-order valence-corrected chi connectivity index (χ0v) is 19.2. The van der Waals surface area contributed by atoms with Crippen LogP contribution in [0.4, 0.5) is 0 Å². The third-order valence-electron chi connectivity index (χ3n) is 8.90. The molecule has 0 amide bonds. The molecule has 0 aliphatic heterocycles. The van der Waals surface area contributed by atoms with Crippen molar-refractivity contribution in [3.63, 3.8) is 0 Å². The molecule has 0 heterocycles. The third-order valence-corrected chi connectivity index (χ3v) is 9.34. The highest BCUT2D eigenvalue weighted by Crippen LogP contribution is 2.68. The van der Waals surface area contributed by atoms with Crippen LogP contribution in [-0.2, 0) is 19.1 Å². The van der Waals surface area contributed by atoms with E-state index >= 15 is 0 Å². The minimum atomic E-state index is -1.72. The molecule has 4 aliphatic rings. The second kappa shape index (κ2) is 7.26. The number of hydrogen-bond donors (Lipinski definition) is 2. The maximum Gasteiger partial charge on any atom is 0.303 e. The van der Waals surface area contributed by atoms with Crippen LogP contribution in [0.2, 0.25) is 0 Å². The van der Waals surface area contributed by atoms with E-state index in [-0.39, 0.29) is 41.3 Å². The number of halogens is 1. The molecule has 2 N–H and O–H groups in total. The molecule has 7 heteroatoms. The average molecular weight is 451 g/mol. The SMILES string of the molecule is CC(=O)OCC(=O)[C@@]1(O)[C@@H](C)CC2C3C(C(O)C[C@@]21C)[C@@]1(C)C=CC(=O)C=C1C[C@H]3Cl. The van der Waals surface area contributed by atoms with Crippen molar-refractivity contribution >= 4 is 29.1 Å². The normalized spacial score (nSPS) is 48.4. The fourth-order valence-electron chi connectivity index (χ4n) is 7.45. The number of allylic oxidation sites excluding steroid dienone is 4. The van der Waals surface area contributed by atoms with Gasteiger partial charge in [-0.1, -0.05) is 32.4 Å². The van der Waals surface area contributed by atoms with Crippen molar-refractivity contribution in [2.75, 3.05) is 6.61 Å². The number of carbonyl (C=O) groups is 3. The first-order valence-corrected chi connectivity index (χ1v) is 11.5. The largest absolute Gasteiger partial charge is 0.458 e. The Balaban J connectivity index is 1.75. The number of carbonyl (C=O) groups excluding carboxylic acids is 3. The molecule has 4 aliphatic carbocycles. The number of rotatable bonds is 3. The maximum atomic E-state index is 13.1. The number of Topliss-reactive ketones (excluding diaryl/α,β-unsaturated/α-hetero) is 1. The summed E-state index contributed by atoms with van der Waals surface area (Å²) in [7, 11) is 0. The van der Waals surface area contributed by atoms with Gasteiger partial charge in [0.05, 0.1) is 6.10 Å². The molecule has 0 saturated heterocycles. The Hall–Kier alpha value is -1.50. The minimum Gasteiger partial charge on any atom is -0.458 e. The van der Waals surface area contributed by atoms with Gasteiger partial charge in [0.1, 0.15) is 5.60 Å². The summed E-state index contributed by atoms with van der Waals surface area (Å²) in [5.41, 5.74) is -2.17. The van der Waals surface area contributed by atoms with Gasteiger partial charge in [0.15, 0.2) is 12.4 Å². The smallest absolute Gasteiger partial charge is 0.303 e. The number of ketones is 2. The van der Waals surface area contributed by atoms with Gasteiger partial charge in [-0.3, -0.25) is 14.4 Å². The van der Waals surface area contributed by atoms with Crippen LogP contribution in [0, 0.1) is 34.5 Å². The summed E-state index contributed by atoms with van der Waals surface area (Å²) in [4.78, 5) is 36.3. The first kappa shape index (κ1) is 22.7. The van der Waals surface area contributed by atoms with Crippen molar-refractivity contribution in [2.45, 2.75) is 64.0 Å². The van der Waals surface area contributed by atoms with Gasteiger partial charge in [0, 0.05) is 29.0 Å². The number of ether oxygens (including phenoxy) is 1. The van der Waals surface area contributed by atoms with E-state index in [1.54, 1.807) is 12.2 Å². The van der Waals surface area contributed by atoms with Crippen molar-refractivity contribution in [2.24, 2.45) is 34.5 Å². The van der Waals surface area contributed by atoms with E-state index in [0.717, 1.165) is 5.57 Å². The zero-order chi connectivity index (χ0) is 22.9. The molecule has 3 fully saturated rings. The van der Waals surface area contributed by atoms with Gasteiger partial charge in [0.25, 0.3) is 0 Å². The van der Waals surface area contributed by atoms with Crippen molar-refractivity contribution in [1.82, 2.24) is 0 Å². The van der Waals surface area contributed by atoms with Crippen LogP contribution in [-0.4, -0.2) is 51.4 Å². The van der Waals surface area contributed by atoms with E-state index in [1.807, 2.05) is 26.8 Å². The Morgan fingerprint density at radius 1 is 1.32 bits per heavy atom. The summed E-state index contributed by atoms with van der Waals surface area (Å²) >= 11 is 6.91. The predicted molar refractivity (Wildman–Crippen MR) is 114 cm³/mol. The van der Waals surface area contributed by atoms with Gasteiger partial charge in [-0.15, -0.1) is 11.6 Å². The van der Waals surface area contributed by atoms with Crippen LogP contribution in [0.15, 0.2) is 23.8 Å². The highest BCUT2D eigenvalue weighted by molar-refractivity contribution is 6.21. The van der Waals surface area contributed by atoms with Crippen LogP contribution in [0.1, 0.15) is 47.0 Å². The number of hydrogen-bond acceptors (Lipinski definition) is 6. The fraction of sp³-hybridized carbons (Fsp3) is 0.708. The number of aliphatic hydroxyl groups excluding tert-OH is 1. The molecule has 170 valence electrons. The summed E-state index contributed by atoms with van der Waals surface area (Å²) in [6.07, 6.45) is 5.65. The maximum absolute atomic E-state index is 13.1. The van der Waals surface area contributed by atoms with Gasteiger partial charge in [-0.05, 0) is 49.2 Å². The average Bonchev–Trinajstić information content (AvgIpc) is 2.88. The predicted octanol–water partition coefficient (Wildman–Crippen LogP) is 2.59. The summed E-state index contributed by atoms with van der Waals surface area (Å²) in [5, 5.41) is 22.8. The van der Waals surface area contributed by atoms with Crippen LogP contribution in [0.25, 0.3) is 0 Å². The molecule has 4 rings (SSSR count). The molecule has 6 nitrogen and oxygen atoms in total. The van der Waals surface area contributed by atoms with Gasteiger partial charge in [-0.25, -0.2) is 0 Å². The molecular weight excluding hydrogens is 420 g/mol. The molecule has 0 aromatic rings. The Kier molecular flexibility index (Phi) is 5.31. The third kappa shape index (κ3) is 3.01. The van der Waals surface area contributed by atoms with Crippen LogP contribution < -0.4 is 0 Å². The lowest BCUT2D eigenvalue weighted by molar-refractivity contribution is -0.185. The van der Waals surface area contributed by atoms with E-state index in [9.17, 15) is 24.6 Å². The van der Waals surface area contributed by atoms with Crippen molar-refractivity contribution in [3.8, 4) is 0 Å². The molecule has 0 bridgehead atoms. The summed E-state index contributed by atoms with van der Waals surface area (Å²) in [6.45, 7) is 6.49. The molecule has 3 saturated carbocycles. The van der Waals surface area contributed by atoms with Crippen molar-refractivity contribution < 1.29 is 29.3 Å². The lowest BCUT2D eigenvalue weighted by Gasteiger charge is -2.60. The summed E-state index contributed by atoms with van der Waals surface area (Å²) in [6, 6.07) is 0. The Bertz CT molecular complexity index is 895. The lowest BCUT2D eigenvalue weighted by atomic mass is 9.46. The molecule has 4 unspecified atom stereocenters. The number of esters is 1. The quantitative estimate of drug-likeness (QED) is 0.506. The first-order chi connectivity index (χ1) is 14.4. The second-order valence-corrected chi connectivity index (χ2v) is 11.0. The highest BCUT2D eigenvalue weighted by atomic mass is 35.5. The summed E-state index contributed by atoms with van der Waals surface area (Å²) < 4.78 is 4.92. The molecule has 0 aromatic heterocycles. The van der Waals surface area contributed by atoms with Gasteiger partial charge in [-0.2, -0.15) is 0 Å². The first-order valence-electron chi connectivity index (χ1n) is 11.0. The number of fused-ring (bicyclic) bond motifs is 5. The van der Waals surface area contributed by atoms with E-state index < -0.39 is 40.9 Å². The number of aliphatic hydroxyl groups is 2. The Morgan fingerprint density at radius 3 is 2.65 bits per heavy atom. The monoisotopic (exact) mass is 450 g/mol. The summed E-state index contributed by atoms with van der Waals surface area (Å²) in [5.74, 6) is -1.97. The van der Waals surface area contributed by atoms with E-state index in [4.69, 9.17) is 16.3 Å². The van der Waals surface area contributed by atoms with Gasteiger partial charge >= 0.3 is 5.97 Å². The molecule has 31 heavy (non-hydrogen) atoms. The van der Waals surface area contributed by atoms with Gasteiger partial charge < -0.3 is 14.9 Å². The van der Waals surface area contributed by atoms with E-state index in [1.165, 1.54) is 6.92 Å². The molecular formula is C24H31ClO6. The van der Waals surface area contributed by atoms with Crippen LogP contribution >= 0.6 is 11.6 Å². The topological polar surface area (TPSA) is 101 Å². The molecule has 0 aromatic carbocycles. The van der Waals surface area contributed by atoms with Crippen molar-refractivity contribution in [3.05, 3.63) is 23.8 Å². The van der Waals surface area contributed by atoms with Crippen molar-refractivity contribution in [1.29, 1.82) is 0 Å². The second-order valence-electron chi connectivity index (χ2n) is 10.4. The van der Waals surface area contributed by atoms with E-state index in [0.29, 0.717) is 12.8 Å². The number of alkyl halides is 1. The Morgan fingerprint density at radius 2 is 2.00 bits per heavy atom. The van der Waals surface area contributed by atoms with E-state index in [2.05, 4.69) is 0 Å². The standard InChI is InChI=1S/C24H31ClO6/c1-12-7-16-20-17(25)9-14-8-15(27)5-6-22(14,3)21(20)18(28)10-23(16,4)24(12,30)19(29)11-31-13(2)26/h5-6,8,12,16-18,20-21,28,30H,7,9-11H2,1-4H3/t12-,16?,17+,18?,20?,21?,22-,23-,24-/m0/s1. The Labute approximate surface area is 187 Å². The molecule has 9 atom stereocenters. The van der Waals surface area contributed by atoms with Crippen LogP contribution in [0.5, 0.6) is 0 Å². The molecule has 0 spiro atoms. The van der Waals surface area contributed by atoms with Crippen LogP contribution in [0.3, 0.4) is 0 Å². The minimum absolute atomic E-state index is 0.0649. The zero-order valence-electron chi connectivity index (χ0n) is 18.4. The fourth-order valence-corrected chi connectivity index (χ4v) is 7.95. The highest BCUT2D eigenvalue weighted by Gasteiger charge is 2.71. The van der Waals surface area contributed by atoms with Gasteiger partial charge in [0.2, 0.25) is 5.78 Å². The lowest BCUT2D eigenvalue weighted by Crippen LogP contribution is -2.64.